The molecule has 0 bridgehead atoms. The van der Waals surface area contributed by atoms with E-state index >= 15 is 0 Å². The molecule has 2 nitrogen and oxygen atoms in total. The van der Waals surface area contributed by atoms with E-state index in [9.17, 15) is 5.11 Å². The fraction of sp³-hybridized carbons (Fsp3) is 1.00. The van der Waals surface area contributed by atoms with Crippen LogP contribution in [0.15, 0.2) is 0 Å². The highest BCUT2D eigenvalue weighted by Gasteiger charge is 2.27. The van der Waals surface area contributed by atoms with Gasteiger partial charge in [0.15, 0.2) is 0 Å². The summed E-state index contributed by atoms with van der Waals surface area (Å²) >= 11 is 0. The summed E-state index contributed by atoms with van der Waals surface area (Å²) in [5.74, 6) is 0.912. The highest BCUT2D eigenvalue weighted by atomic mass is 16.3. The number of hydrogen-bond acceptors (Lipinski definition) is 2. The Morgan fingerprint density at radius 2 is 2.00 bits per heavy atom. The molecular formula is C12H25NO. The van der Waals surface area contributed by atoms with Gasteiger partial charge in [-0.05, 0) is 52.1 Å². The quantitative estimate of drug-likeness (QED) is 0.753. The maximum absolute atomic E-state index is 9.32. The van der Waals surface area contributed by atoms with E-state index in [0.717, 1.165) is 19.0 Å². The SMILES string of the molecule is CCC1CCCN(C(C)(C)CO)CC1. The molecule has 1 aliphatic rings. The van der Waals surface area contributed by atoms with Gasteiger partial charge in [0.25, 0.3) is 0 Å². The van der Waals surface area contributed by atoms with Crippen LogP contribution >= 0.6 is 0 Å². The Bertz CT molecular complexity index is 168. The van der Waals surface area contributed by atoms with E-state index in [1.54, 1.807) is 0 Å². The Morgan fingerprint density at radius 1 is 1.29 bits per heavy atom. The van der Waals surface area contributed by atoms with Crippen LogP contribution in [0.3, 0.4) is 0 Å². The Hall–Kier alpha value is -0.0800. The largest absolute Gasteiger partial charge is 0.394 e. The van der Waals surface area contributed by atoms with Crippen molar-refractivity contribution in [3.05, 3.63) is 0 Å². The van der Waals surface area contributed by atoms with E-state index in [1.807, 2.05) is 0 Å². The first-order valence-electron chi connectivity index (χ1n) is 5.96. The van der Waals surface area contributed by atoms with Gasteiger partial charge < -0.3 is 5.11 Å². The summed E-state index contributed by atoms with van der Waals surface area (Å²) in [7, 11) is 0. The van der Waals surface area contributed by atoms with Crippen LogP contribution < -0.4 is 0 Å². The van der Waals surface area contributed by atoms with Gasteiger partial charge in [-0.1, -0.05) is 13.3 Å². The first-order chi connectivity index (χ1) is 6.60. The molecule has 0 aromatic heterocycles. The maximum Gasteiger partial charge on any atom is 0.0610 e. The van der Waals surface area contributed by atoms with Crippen LogP contribution in [0.4, 0.5) is 0 Å². The van der Waals surface area contributed by atoms with Crippen LogP contribution in [0, 0.1) is 5.92 Å². The minimum atomic E-state index is -0.0252. The smallest absolute Gasteiger partial charge is 0.0610 e. The van der Waals surface area contributed by atoms with Crippen LogP contribution in [0.2, 0.25) is 0 Å². The van der Waals surface area contributed by atoms with Gasteiger partial charge in [-0.3, -0.25) is 4.90 Å². The van der Waals surface area contributed by atoms with Crippen molar-refractivity contribution in [1.82, 2.24) is 4.90 Å². The molecule has 1 saturated heterocycles. The topological polar surface area (TPSA) is 23.5 Å². The van der Waals surface area contributed by atoms with Gasteiger partial charge in [-0.2, -0.15) is 0 Å². The molecule has 0 amide bonds. The van der Waals surface area contributed by atoms with Crippen molar-refractivity contribution in [2.24, 2.45) is 5.92 Å². The number of aliphatic hydroxyl groups is 1. The van der Waals surface area contributed by atoms with Crippen molar-refractivity contribution in [1.29, 1.82) is 0 Å². The Balaban J connectivity index is 2.49. The van der Waals surface area contributed by atoms with Crippen molar-refractivity contribution < 1.29 is 5.11 Å². The molecule has 14 heavy (non-hydrogen) atoms. The van der Waals surface area contributed by atoms with Crippen molar-refractivity contribution in [3.63, 3.8) is 0 Å². The van der Waals surface area contributed by atoms with E-state index in [1.165, 1.54) is 25.7 Å². The molecule has 1 rings (SSSR count). The van der Waals surface area contributed by atoms with Crippen LogP contribution in [-0.4, -0.2) is 35.2 Å². The van der Waals surface area contributed by atoms with Crippen molar-refractivity contribution >= 4 is 0 Å². The number of rotatable bonds is 3. The molecule has 1 fully saturated rings. The van der Waals surface area contributed by atoms with Crippen LogP contribution in [0.5, 0.6) is 0 Å². The van der Waals surface area contributed by atoms with E-state index in [0.29, 0.717) is 0 Å². The lowest BCUT2D eigenvalue weighted by molar-refractivity contribution is 0.0591. The third kappa shape index (κ3) is 2.96. The lowest BCUT2D eigenvalue weighted by atomic mass is 9.98. The zero-order chi connectivity index (χ0) is 10.6. The second kappa shape index (κ2) is 5.13. The Morgan fingerprint density at radius 3 is 2.57 bits per heavy atom. The molecule has 1 atom stereocenters. The van der Waals surface area contributed by atoms with Gasteiger partial charge in [0.2, 0.25) is 0 Å². The standard InChI is InChI=1S/C12H25NO/c1-4-11-6-5-8-13(9-7-11)12(2,3)10-14/h11,14H,4-10H2,1-3H3. The van der Waals surface area contributed by atoms with Crippen molar-refractivity contribution in [2.45, 2.75) is 52.0 Å². The van der Waals surface area contributed by atoms with Gasteiger partial charge in [0, 0.05) is 5.54 Å². The van der Waals surface area contributed by atoms with E-state index in [4.69, 9.17) is 0 Å². The third-order valence-corrected chi connectivity index (χ3v) is 3.67. The number of hydrogen-bond donors (Lipinski definition) is 1. The molecule has 0 aromatic carbocycles. The number of likely N-dealkylation sites (tertiary alicyclic amines) is 1. The molecule has 0 aromatic rings. The molecule has 0 radical (unpaired) electrons. The average Bonchev–Trinajstić information content (AvgIpc) is 2.42. The Kier molecular flexibility index (Phi) is 4.39. The predicted octanol–water partition coefficient (Wildman–Crippen LogP) is 2.27. The average molecular weight is 199 g/mol. The minimum absolute atomic E-state index is 0.0252. The van der Waals surface area contributed by atoms with Crippen LogP contribution in [-0.2, 0) is 0 Å². The van der Waals surface area contributed by atoms with Crippen LogP contribution in [0.1, 0.15) is 46.5 Å². The first-order valence-corrected chi connectivity index (χ1v) is 5.96. The molecule has 1 aliphatic heterocycles. The summed E-state index contributed by atoms with van der Waals surface area (Å²) in [6.45, 7) is 9.15. The molecule has 1 N–H and O–H groups in total. The van der Waals surface area contributed by atoms with Gasteiger partial charge in [-0.25, -0.2) is 0 Å². The molecule has 0 spiro atoms. The molecule has 1 heterocycles. The fourth-order valence-corrected chi connectivity index (χ4v) is 2.28. The van der Waals surface area contributed by atoms with Crippen LogP contribution in [0.25, 0.3) is 0 Å². The summed E-state index contributed by atoms with van der Waals surface area (Å²) in [6, 6.07) is 0. The highest BCUT2D eigenvalue weighted by molar-refractivity contribution is 4.83. The molecule has 2 heteroatoms. The summed E-state index contributed by atoms with van der Waals surface area (Å²) in [6.07, 6.45) is 5.28. The van der Waals surface area contributed by atoms with Crippen molar-refractivity contribution in [3.8, 4) is 0 Å². The second-order valence-electron chi connectivity index (χ2n) is 5.16. The van der Waals surface area contributed by atoms with E-state index in [-0.39, 0.29) is 12.1 Å². The zero-order valence-electron chi connectivity index (χ0n) is 9.92. The molecule has 84 valence electrons. The lowest BCUT2D eigenvalue weighted by Crippen LogP contribution is -2.47. The Labute approximate surface area is 88.3 Å². The van der Waals surface area contributed by atoms with E-state index in [2.05, 4.69) is 25.7 Å². The van der Waals surface area contributed by atoms with Gasteiger partial charge in [-0.15, -0.1) is 0 Å². The lowest BCUT2D eigenvalue weighted by Gasteiger charge is -2.36. The number of nitrogens with zero attached hydrogens (tertiary/aromatic N) is 1. The van der Waals surface area contributed by atoms with Gasteiger partial charge in [0.1, 0.15) is 0 Å². The molecule has 0 saturated carbocycles. The van der Waals surface area contributed by atoms with Gasteiger partial charge >= 0.3 is 0 Å². The summed E-state index contributed by atoms with van der Waals surface area (Å²) < 4.78 is 0. The van der Waals surface area contributed by atoms with E-state index < -0.39 is 0 Å². The predicted molar refractivity (Wildman–Crippen MR) is 60.4 cm³/mol. The highest BCUT2D eigenvalue weighted by Crippen LogP contribution is 2.24. The van der Waals surface area contributed by atoms with Crippen molar-refractivity contribution in [2.75, 3.05) is 19.7 Å². The monoisotopic (exact) mass is 199 g/mol. The maximum atomic E-state index is 9.32. The summed E-state index contributed by atoms with van der Waals surface area (Å²) in [4.78, 5) is 2.45. The molecular weight excluding hydrogens is 174 g/mol. The minimum Gasteiger partial charge on any atom is -0.394 e. The zero-order valence-corrected chi connectivity index (χ0v) is 9.92. The number of aliphatic hydroxyl groups excluding tert-OH is 1. The fourth-order valence-electron chi connectivity index (χ4n) is 2.28. The molecule has 0 aliphatic carbocycles. The first kappa shape index (κ1) is 12.0. The second-order valence-corrected chi connectivity index (χ2v) is 5.16. The summed E-state index contributed by atoms with van der Waals surface area (Å²) in [5.41, 5.74) is -0.0252. The molecule has 1 unspecified atom stereocenters. The third-order valence-electron chi connectivity index (χ3n) is 3.67. The normalized spacial score (nSPS) is 26.1. The summed E-state index contributed by atoms with van der Waals surface area (Å²) in [5, 5.41) is 9.32. The van der Waals surface area contributed by atoms with Gasteiger partial charge in [0.05, 0.1) is 6.61 Å².